The topological polar surface area (TPSA) is 85.3 Å². The molecule has 2 saturated heterocycles. The third-order valence-corrected chi connectivity index (χ3v) is 6.03. The van der Waals surface area contributed by atoms with Crippen LogP contribution in [0.4, 0.5) is 0 Å². The summed E-state index contributed by atoms with van der Waals surface area (Å²) < 4.78 is 35.0. The van der Waals surface area contributed by atoms with Gasteiger partial charge in [0, 0.05) is 32.0 Å². The first-order valence-electron chi connectivity index (χ1n) is 7.91. The lowest BCUT2D eigenvalue weighted by molar-refractivity contribution is 0.0662. The molecule has 2 fully saturated rings. The molecule has 0 aromatic carbocycles. The third-order valence-electron chi connectivity index (χ3n) is 4.59. The van der Waals surface area contributed by atoms with Crippen molar-refractivity contribution in [1.82, 2.24) is 19.8 Å². The Kier molecular flexibility index (Phi) is 4.82. The Morgan fingerprint density at radius 2 is 2.14 bits per heavy atom. The third kappa shape index (κ3) is 3.51. The van der Waals surface area contributed by atoms with Gasteiger partial charge in [0.15, 0.2) is 0 Å². The predicted molar refractivity (Wildman–Crippen MR) is 82.1 cm³/mol. The van der Waals surface area contributed by atoms with E-state index in [1.807, 2.05) is 0 Å². The molecule has 3 rings (SSSR count). The van der Waals surface area contributed by atoms with E-state index in [1.54, 1.807) is 10.9 Å². The number of nitrogens with one attached hydrogen (secondary N) is 2. The highest BCUT2D eigenvalue weighted by molar-refractivity contribution is 7.89. The van der Waals surface area contributed by atoms with Crippen molar-refractivity contribution in [3.8, 4) is 0 Å². The minimum atomic E-state index is -3.52. The molecule has 2 atom stereocenters. The van der Waals surface area contributed by atoms with Gasteiger partial charge in [0.1, 0.15) is 4.90 Å². The van der Waals surface area contributed by atoms with Crippen molar-refractivity contribution in [1.29, 1.82) is 0 Å². The van der Waals surface area contributed by atoms with Gasteiger partial charge >= 0.3 is 0 Å². The lowest BCUT2D eigenvalue weighted by Gasteiger charge is -2.29. The van der Waals surface area contributed by atoms with E-state index in [-0.39, 0.29) is 17.0 Å². The van der Waals surface area contributed by atoms with E-state index < -0.39 is 10.0 Å². The van der Waals surface area contributed by atoms with Crippen LogP contribution >= 0.6 is 0 Å². The van der Waals surface area contributed by atoms with Crippen molar-refractivity contribution in [3.05, 3.63) is 12.4 Å². The van der Waals surface area contributed by atoms with E-state index in [0.717, 1.165) is 25.8 Å². The van der Waals surface area contributed by atoms with Crippen LogP contribution < -0.4 is 10.0 Å². The van der Waals surface area contributed by atoms with E-state index in [0.29, 0.717) is 25.7 Å². The van der Waals surface area contributed by atoms with Crippen LogP contribution in [0.1, 0.15) is 32.2 Å². The van der Waals surface area contributed by atoms with Gasteiger partial charge in [0.2, 0.25) is 10.0 Å². The van der Waals surface area contributed by atoms with Crippen LogP contribution in [0, 0.1) is 5.92 Å². The first-order chi connectivity index (χ1) is 10.6. The maximum absolute atomic E-state index is 12.5. The SMILES string of the molecule is CC1CCNCC1NS(=O)(=O)c1cnn(C2CCOCC2)c1. The summed E-state index contributed by atoms with van der Waals surface area (Å²) in [6, 6.07) is 0.165. The zero-order valence-electron chi connectivity index (χ0n) is 12.9. The quantitative estimate of drug-likeness (QED) is 0.841. The second-order valence-electron chi connectivity index (χ2n) is 6.20. The van der Waals surface area contributed by atoms with Crippen LogP contribution in [-0.4, -0.2) is 50.5 Å². The smallest absolute Gasteiger partial charge is 0.243 e. The fraction of sp³-hybridized carbons (Fsp3) is 0.786. The molecule has 0 saturated carbocycles. The first kappa shape index (κ1) is 15.9. The second kappa shape index (κ2) is 6.66. The summed E-state index contributed by atoms with van der Waals surface area (Å²) in [6.07, 6.45) is 5.81. The largest absolute Gasteiger partial charge is 0.381 e. The molecule has 1 aromatic heterocycles. The predicted octanol–water partition coefficient (Wildman–Crippen LogP) is 0.511. The van der Waals surface area contributed by atoms with Gasteiger partial charge in [-0.05, 0) is 31.7 Å². The number of nitrogens with zero attached hydrogens (tertiary/aromatic N) is 2. The molecule has 7 nitrogen and oxygen atoms in total. The van der Waals surface area contributed by atoms with Gasteiger partial charge in [-0.15, -0.1) is 0 Å². The van der Waals surface area contributed by atoms with Gasteiger partial charge in [0.05, 0.1) is 12.2 Å². The Morgan fingerprint density at radius 1 is 1.36 bits per heavy atom. The molecule has 0 aliphatic carbocycles. The zero-order valence-corrected chi connectivity index (χ0v) is 13.7. The van der Waals surface area contributed by atoms with Crippen LogP contribution in [0.3, 0.4) is 0 Å². The first-order valence-corrected chi connectivity index (χ1v) is 9.39. The minimum absolute atomic E-state index is 0.0646. The van der Waals surface area contributed by atoms with E-state index in [1.165, 1.54) is 6.20 Å². The average Bonchev–Trinajstić information content (AvgIpc) is 3.01. The van der Waals surface area contributed by atoms with Crippen molar-refractivity contribution in [2.75, 3.05) is 26.3 Å². The maximum Gasteiger partial charge on any atom is 0.243 e. The van der Waals surface area contributed by atoms with Crippen LogP contribution in [-0.2, 0) is 14.8 Å². The number of piperidine rings is 1. The Morgan fingerprint density at radius 3 is 2.86 bits per heavy atom. The fourth-order valence-electron chi connectivity index (χ4n) is 3.02. The highest BCUT2D eigenvalue weighted by atomic mass is 32.2. The molecule has 1 aromatic rings. The standard InChI is InChI=1S/C14H24N4O3S/c1-11-2-5-15-9-14(11)17-22(19,20)13-8-16-18(10-13)12-3-6-21-7-4-12/h8,10-12,14-15,17H,2-7,9H2,1H3. The Hall–Kier alpha value is -0.960. The number of rotatable bonds is 4. The summed E-state index contributed by atoms with van der Waals surface area (Å²) in [4.78, 5) is 0.247. The summed E-state index contributed by atoms with van der Waals surface area (Å²) in [5.41, 5.74) is 0. The van der Waals surface area contributed by atoms with Gasteiger partial charge in [-0.1, -0.05) is 6.92 Å². The molecule has 0 bridgehead atoms. The Labute approximate surface area is 131 Å². The molecule has 124 valence electrons. The lowest BCUT2D eigenvalue weighted by Crippen LogP contribution is -2.50. The Balaban J connectivity index is 1.70. The van der Waals surface area contributed by atoms with Gasteiger partial charge in [-0.25, -0.2) is 13.1 Å². The number of hydrogen-bond acceptors (Lipinski definition) is 5. The highest BCUT2D eigenvalue weighted by Gasteiger charge is 2.28. The van der Waals surface area contributed by atoms with Crippen molar-refractivity contribution in [2.24, 2.45) is 5.92 Å². The van der Waals surface area contributed by atoms with Crippen molar-refractivity contribution in [2.45, 2.75) is 43.2 Å². The van der Waals surface area contributed by atoms with Gasteiger partial charge < -0.3 is 10.1 Å². The number of sulfonamides is 1. The molecular formula is C14H24N4O3S. The molecular weight excluding hydrogens is 304 g/mol. The van der Waals surface area contributed by atoms with Gasteiger partial charge in [-0.3, -0.25) is 4.68 Å². The average molecular weight is 328 g/mol. The Bertz CT molecular complexity index is 595. The molecule has 2 aliphatic heterocycles. The lowest BCUT2D eigenvalue weighted by atomic mass is 9.96. The van der Waals surface area contributed by atoms with Crippen LogP contribution in [0.2, 0.25) is 0 Å². The van der Waals surface area contributed by atoms with Crippen LogP contribution in [0.25, 0.3) is 0 Å². The van der Waals surface area contributed by atoms with E-state index in [2.05, 4.69) is 22.1 Å². The number of aromatic nitrogens is 2. The van der Waals surface area contributed by atoms with Crippen LogP contribution in [0.15, 0.2) is 17.3 Å². The molecule has 2 aliphatic rings. The molecule has 3 heterocycles. The van der Waals surface area contributed by atoms with Crippen molar-refractivity contribution in [3.63, 3.8) is 0 Å². The van der Waals surface area contributed by atoms with E-state index >= 15 is 0 Å². The summed E-state index contributed by atoms with van der Waals surface area (Å²) >= 11 is 0. The van der Waals surface area contributed by atoms with E-state index in [9.17, 15) is 8.42 Å². The maximum atomic E-state index is 12.5. The molecule has 2 N–H and O–H groups in total. The molecule has 0 amide bonds. The normalized spacial score (nSPS) is 27.9. The zero-order chi connectivity index (χ0) is 15.6. The van der Waals surface area contributed by atoms with E-state index in [4.69, 9.17) is 4.74 Å². The molecule has 2 unspecified atom stereocenters. The minimum Gasteiger partial charge on any atom is -0.381 e. The summed E-state index contributed by atoms with van der Waals surface area (Å²) in [5, 5.41) is 7.48. The number of hydrogen-bond donors (Lipinski definition) is 2. The van der Waals surface area contributed by atoms with Crippen LogP contribution in [0.5, 0.6) is 0 Å². The summed E-state index contributed by atoms with van der Waals surface area (Å²) in [5.74, 6) is 0.335. The summed E-state index contributed by atoms with van der Waals surface area (Å²) in [7, 11) is -3.52. The molecule has 0 radical (unpaired) electrons. The second-order valence-corrected chi connectivity index (χ2v) is 7.91. The monoisotopic (exact) mass is 328 g/mol. The molecule has 8 heteroatoms. The van der Waals surface area contributed by atoms with Gasteiger partial charge in [0.25, 0.3) is 0 Å². The fourth-order valence-corrected chi connectivity index (χ4v) is 4.31. The number of ether oxygens (including phenoxy) is 1. The molecule has 22 heavy (non-hydrogen) atoms. The van der Waals surface area contributed by atoms with Crippen molar-refractivity contribution >= 4 is 10.0 Å². The molecule has 0 spiro atoms. The van der Waals surface area contributed by atoms with Crippen molar-refractivity contribution < 1.29 is 13.2 Å². The summed E-state index contributed by atoms with van der Waals surface area (Å²) in [6.45, 7) is 5.11. The highest BCUT2D eigenvalue weighted by Crippen LogP contribution is 2.22. The van der Waals surface area contributed by atoms with Gasteiger partial charge in [-0.2, -0.15) is 5.10 Å².